The van der Waals surface area contributed by atoms with Crippen LogP contribution in [0.3, 0.4) is 0 Å². The Morgan fingerprint density at radius 1 is 1.07 bits per heavy atom. The third-order valence-corrected chi connectivity index (χ3v) is 7.79. The summed E-state index contributed by atoms with van der Waals surface area (Å²) >= 11 is 4.63. The molecule has 3 aromatic carbocycles. The molecule has 4 aromatic rings. The Balaban J connectivity index is 1.81. The minimum atomic E-state index is -0.816. The Hall–Kier alpha value is -4.28. The van der Waals surface area contributed by atoms with Crippen LogP contribution in [0.2, 0.25) is 0 Å². The van der Waals surface area contributed by atoms with E-state index in [4.69, 9.17) is 19.2 Å². The molecular weight excluding hydrogens is 608 g/mol. The highest BCUT2D eigenvalue weighted by Gasteiger charge is 2.35. The number of thiazole rings is 1. The first-order valence-electron chi connectivity index (χ1n) is 12.7. The maximum Gasteiger partial charge on any atom is 0.338 e. The number of methoxy groups -OCH3 is 1. The number of benzene rings is 3. The molecule has 8 nitrogen and oxygen atoms in total. The number of aromatic nitrogens is 1. The number of halogens is 1. The Bertz CT molecular complexity index is 1840. The number of ether oxygens (including phenoxy) is 3. The van der Waals surface area contributed by atoms with Crippen LogP contribution in [-0.4, -0.2) is 30.2 Å². The van der Waals surface area contributed by atoms with Gasteiger partial charge in [-0.2, -0.15) is 0 Å². The van der Waals surface area contributed by atoms with Crippen molar-refractivity contribution in [2.45, 2.75) is 19.9 Å². The summed E-state index contributed by atoms with van der Waals surface area (Å²) in [6, 6.07) is 20.9. The van der Waals surface area contributed by atoms with E-state index < -0.39 is 18.0 Å². The molecule has 0 aliphatic carbocycles. The fourth-order valence-electron chi connectivity index (χ4n) is 4.56. The molecule has 0 saturated carbocycles. The number of esters is 2. The maximum absolute atomic E-state index is 14.1. The first-order chi connectivity index (χ1) is 19.8. The summed E-state index contributed by atoms with van der Waals surface area (Å²) in [5.74, 6) is -0.0851. The van der Waals surface area contributed by atoms with E-state index >= 15 is 0 Å². The number of carbonyl (C=O) groups excluding carboxylic acids is 2. The van der Waals surface area contributed by atoms with Gasteiger partial charge >= 0.3 is 11.9 Å². The van der Waals surface area contributed by atoms with Gasteiger partial charge in [-0.05, 0) is 48.9 Å². The molecule has 5 rings (SSSR count). The normalized spacial score (nSPS) is 14.7. The third kappa shape index (κ3) is 5.79. The molecule has 0 spiro atoms. The highest BCUT2D eigenvalue weighted by atomic mass is 79.9. The molecule has 0 N–H and O–H groups in total. The van der Waals surface area contributed by atoms with Crippen molar-refractivity contribution in [2.24, 2.45) is 4.99 Å². The van der Waals surface area contributed by atoms with Gasteiger partial charge in [-0.3, -0.25) is 14.2 Å². The van der Waals surface area contributed by atoms with Gasteiger partial charge in [-0.1, -0.05) is 69.7 Å². The lowest BCUT2D eigenvalue weighted by molar-refractivity contribution is -0.139. The van der Waals surface area contributed by atoms with Gasteiger partial charge in [-0.25, -0.2) is 9.79 Å². The van der Waals surface area contributed by atoms with Crippen LogP contribution in [0.25, 0.3) is 11.8 Å². The lowest BCUT2D eigenvalue weighted by atomic mass is 9.93. The van der Waals surface area contributed by atoms with Crippen LogP contribution in [0, 0.1) is 0 Å². The molecule has 0 fully saturated rings. The average Bonchev–Trinajstić information content (AvgIpc) is 3.28. The first-order valence-corrected chi connectivity index (χ1v) is 14.3. The lowest BCUT2D eigenvalue weighted by Crippen LogP contribution is -2.40. The van der Waals surface area contributed by atoms with E-state index in [1.807, 2.05) is 42.5 Å². The molecule has 0 radical (unpaired) electrons. The van der Waals surface area contributed by atoms with E-state index in [1.165, 1.54) is 22.8 Å². The third-order valence-electron chi connectivity index (χ3n) is 6.32. The van der Waals surface area contributed by atoms with Crippen molar-refractivity contribution in [2.75, 3.05) is 13.7 Å². The number of hydrogen-bond donors (Lipinski definition) is 0. The second kappa shape index (κ2) is 12.1. The highest BCUT2D eigenvalue weighted by molar-refractivity contribution is 9.10. The van der Waals surface area contributed by atoms with E-state index in [-0.39, 0.29) is 17.7 Å². The standard InChI is InChI=1S/C31H25BrN2O6S/c1-4-39-30(37)26-27(19-8-6-5-7-9-19)33-31-34(28(26)20-10-13-23(38-3)14-11-20)29(36)25(41-31)17-21-16-22(32)12-15-24(21)40-18(2)35/h5-17,28H,4H2,1-3H3/b25-17-/t28-/m1/s1. The Kier molecular flexibility index (Phi) is 8.32. The summed E-state index contributed by atoms with van der Waals surface area (Å²) in [7, 11) is 1.57. The van der Waals surface area contributed by atoms with Gasteiger partial charge in [-0.15, -0.1) is 0 Å². The van der Waals surface area contributed by atoms with E-state index in [0.717, 1.165) is 10.0 Å². The van der Waals surface area contributed by atoms with Crippen LogP contribution in [0.4, 0.5) is 0 Å². The van der Waals surface area contributed by atoms with Crippen LogP contribution in [0.5, 0.6) is 11.5 Å². The summed E-state index contributed by atoms with van der Waals surface area (Å²) in [6.07, 6.45) is 1.66. The van der Waals surface area contributed by atoms with Gasteiger partial charge in [0.05, 0.1) is 35.6 Å². The van der Waals surface area contributed by atoms with Crippen LogP contribution in [-0.2, 0) is 14.3 Å². The number of nitrogens with zero attached hydrogens (tertiary/aromatic N) is 2. The topological polar surface area (TPSA) is 96.2 Å². The fraction of sp³-hybridized carbons (Fsp3) is 0.161. The average molecular weight is 634 g/mol. The molecule has 41 heavy (non-hydrogen) atoms. The molecular formula is C31H25BrN2O6S. The minimum absolute atomic E-state index is 0.159. The summed E-state index contributed by atoms with van der Waals surface area (Å²) in [6.45, 7) is 3.21. The van der Waals surface area contributed by atoms with Gasteiger partial charge in [0, 0.05) is 22.5 Å². The van der Waals surface area contributed by atoms with Crippen molar-refractivity contribution < 1.29 is 23.8 Å². The monoisotopic (exact) mass is 632 g/mol. The smallest absolute Gasteiger partial charge is 0.338 e. The summed E-state index contributed by atoms with van der Waals surface area (Å²) in [5.41, 5.74) is 2.28. The molecule has 0 unspecified atom stereocenters. The van der Waals surface area contributed by atoms with Crippen molar-refractivity contribution in [1.29, 1.82) is 0 Å². The van der Waals surface area contributed by atoms with Gasteiger partial charge in [0.25, 0.3) is 5.56 Å². The zero-order valence-corrected chi connectivity index (χ0v) is 24.8. The second-order valence-electron chi connectivity index (χ2n) is 8.98. The maximum atomic E-state index is 14.1. The van der Waals surface area contributed by atoms with E-state index in [1.54, 1.807) is 50.4 Å². The lowest BCUT2D eigenvalue weighted by Gasteiger charge is -2.26. The predicted octanol–water partition coefficient (Wildman–Crippen LogP) is 4.63. The van der Waals surface area contributed by atoms with Crippen molar-refractivity contribution in [3.05, 3.63) is 119 Å². The summed E-state index contributed by atoms with van der Waals surface area (Å²) in [4.78, 5) is 44.6. The molecule has 1 aliphatic rings. The Morgan fingerprint density at radius 3 is 2.46 bits per heavy atom. The largest absolute Gasteiger partial charge is 0.497 e. The van der Waals surface area contributed by atoms with Crippen molar-refractivity contribution in [1.82, 2.24) is 4.57 Å². The zero-order valence-electron chi connectivity index (χ0n) is 22.4. The van der Waals surface area contributed by atoms with Crippen molar-refractivity contribution >= 4 is 51.0 Å². The van der Waals surface area contributed by atoms with Crippen LogP contribution < -0.4 is 24.4 Å². The number of hydrogen-bond acceptors (Lipinski definition) is 8. The van der Waals surface area contributed by atoms with Crippen LogP contribution in [0.1, 0.15) is 36.6 Å². The van der Waals surface area contributed by atoms with Crippen molar-refractivity contribution in [3.8, 4) is 11.5 Å². The molecule has 0 bridgehead atoms. The van der Waals surface area contributed by atoms with Gasteiger partial charge < -0.3 is 14.2 Å². The summed E-state index contributed by atoms with van der Waals surface area (Å²) in [5, 5.41) is 0. The van der Waals surface area contributed by atoms with E-state index in [9.17, 15) is 14.4 Å². The van der Waals surface area contributed by atoms with Gasteiger partial charge in [0.15, 0.2) is 4.80 Å². The minimum Gasteiger partial charge on any atom is -0.497 e. The SMILES string of the molecule is CCOC(=O)C1=C(c2ccccc2)N=c2s/c(=C\c3cc(Br)ccc3OC(C)=O)c(=O)n2[C@@H]1c1ccc(OC)cc1. The van der Waals surface area contributed by atoms with Crippen molar-refractivity contribution in [3.63, 3.8) is 0 Å². The zero-order chi connectivity index (χ0) is 29.1. The first kappa shape index (κ1) is 28.3. The van der Waals surface area contributed by atoms with E-state index in [2.05, 4.69) is 15.9 Å². The molecule has 1 aliphatic heterocycles. The highest BCUT2D eigenvalue weighted by Crippen LogP contribution is 2.35. The molecule has 1 aromatic heterocycles. The molecule has 2 heterocycles. The number of carbonyl (C=O) groups is 2. The molecule has 0 saturated heterocycles. The predicted molar refractivity (Wildman–Crippen MR) is 160 cm³/mol. The molecule has 208 valence electrons. The van der Waals surface area contributed by atoms with Gasteiger partial charge in [0.2, 0.25) is 0 Å². The van der Waals surface area contributed by atoms with Crippen LogP contribution in [0.15, 0.2) is 92.6 Å². The van der Waals surface area contributed by atoms with E-state index in [0.29, 0.717) is 37.7 Å². The Labute approximate surface area is 248 Å². The fourth-order valence-corrected chi connectivity index (χ4v) is 5.93. The summed E-state index contributed by atoms with van der Waals surface area (Å²) < 4.78 is 18.8. The van der Waals surface area contributed by atoms with Gasteiger partial charge in [0.1, 0.15) is 11.5 Å². The quantitative estimate of drug-likeness (QED) is 0.218. The molecule has 1 atom stereocenters. The molecule has 0 amide bonds. The second-order valence-corrected chi connectivity index (χ2v) is 10.9. The Morgan fingerprint density at radius 2 is 1.80 bits per heavy atom. The number of fused-ring (bicyclic) bond motifs is 1. The molecule has 10 heteroatoms. The number of rotatable bonds is 7. The van der Waals surface area contributed by atoms with Crippen LogP contribution >= 0.6 is 27.3 Å².